The molecule has 0 radical (unpaired) electrons. The standard InChI is InChI=1S/C19H24ClN3O4S/c1-26-11-9-19(18-21-17(27-22-18)14-6-7-14)8-3-10-23(13-19)28(24,25)16-5-2-4-15(20)12-16/h2,4-5,12,14H,3,6-11,13H2,1H3. The van der Waals surface area contributed by atoms with Gasteiger partial charge in [0.1, 0.15) is 0 Å². The number of piperidine rings is 1. The Morgan fingerprint density at radius 1 is 1.39 bits per heavy atom. The first kappa shape index (κ1) is 19.8. The molecule has 2 fully saturated rings. The molecule has 152 valence electrons. The Hall–Kier alpha value is -1.48. The van der Waals surface area contributed by atoms with Crippen LogP contribution in [0.1, 0.15) is 49.7 Å². The van der Waals surface area contributed by atoms with Gasteiger partial charge in [-0.1, -0.05) is 22.8 Å². The number of aromatic nitrogens is 2. The average Bonchev–Trinajstić information content (AvgIpc) is 3.43. The molecule has 1 aliphatic heterocycles. The molecule has 1 unspecified atom stereocenters. The topological polar surface area (TPSA) is 85.5 Å². The summed E-state index contributed by atoms with van der Waals surface area (Å²) in [6.07, 6.45) is 4.29. The minimum Gasteiger partial charge on any atom is -0.385 e. The fourth-order valence-corrected chi connectivity index (χ4v) is 5.68. The number of hydrogen-bond donors (Lipinski definition) is 0. The molecule has 9 heteroatoms. The highest BCUT2D eigenvalue weighted by molar-refractivity contribution is 7.89. The summed E-state index contributed by atoms with van der Waals surface area (Å²) in [6, 6.07) is 6.38. The molecular weight excluding hydrogens is 402 g/mol. The predicted octanol–water partition coefficient (Wildman–Crippen LogP) is 3.36. The summed E-state index contributed by atoms with van der Waals surface area (Å²) >= 11 is 6.02. The normalized spacial score (nSPS) is 23.8. The van der Waals surface area contributed by atoms with Crippen molar-refractivity contribution in [2.45, 2.75) is 48.3 Å². The summed E-state index contributed by atoms with van der Waals surface area (Å²) in [5.41, 5.74) is -0.517. The lowest BCUT2D eigenvalue weighted by Crippen LogP contribution is -2.49. The molecule has 1 saturated carbocycles. The fourth-order valence-electron chi connectivity index (χ4n) is 3.81. The third-order valence-electron chi connectivity index (χ3n) is 5.60. The Labute approximate surface area is 170 Å². The molecule has 1 aliphatic carbocycles. The van der Waals surface area contributed by atoms with E-state index >= 15 is 0 Å². The van der Waals surface area contributed by atoms with Gasteiger partial charge in [-0.15, -0.1) is 0 Å². The lowest BCUT2D eigenvalue weighted by Gasteiger charge is -2.40. The van der Waals surface area contributed by atoms with E-state index in [1.54, 1.807) is 25.3 Å². The summed E-state index contributed by atoms with van der Waals surface area (Å²) in [4.78, 5) is 4.85. The first-order valence-electron chi connectivity index (χ1n) is 9.53. The molecule has 2 aromatic rings. The average molecular weight is 426 g/mol. The van der Waals surface area contributed by atoms with Crippen LogP contribution in [0.5, 0.6) is 0 Å². The van der Waals surface area contributed by atoms with E-state index in [0.717, 1.165) is 25.7 Å². The molecule has 0 spiro atoms. The molecule has 0 N–H and O–H groups in total. The van der Waals surface area contributed by atoms with Gasteiger partial charge in [0.2, 0.25) is 15.9 Å². The van der Waals surface area contributed by atoms with Crippen LogP contribution in [0.3, 0.4) is 0 Å². The summed E-state index contributed by atoms with van der Waals surface area (Å²) < 4.78 is 38.8. The van der Waals surface area contributed by atoms with Crippen LogP contribution in [0.15, 0.2) is 33.7 Å². The van der Waals surface area contributed by atoms with Gasteiger partial charge < -0.3 is 9.26 Å². The molecule has 7 nitrogen and oxygen atoms in total. The summed E-state index contributed by atoms with van der Waals surface area (Å²) in [5, 5.41) is 4.64. The number of halogens is 1. The van der Waals surface area contributed by atoms with Crippen LogP contribution < -0.4 is 0 Å². The molecule has 1 aromatic carbocycles. The van der Waals surface area contributed by atoms with Crippen LogP contribution in [0.2, 0.25) is 5.02 Å². The summed E-state index contributed by atoms with van der Waals surface area (Å²) in [5.74, 6) is 1.62. The maximum Gasteiger partial charge on any atom is 0.243 e. The van der Waals surface area contributed by atoms with Crippen molar-refractivity contribution in [2.75, 3.05) is 26.8 Å². The Bertz CT molecular complexity index is 944. The van der Waals surface area contributed by atoms with Crippen molar-refractivity contribution in [1.82, 2.24) is 14.4 Å². The monoisotopic (exact) mass is 425 g/mol. The molecule has 2 heterocycles. The van der Waals surface area contributed by atoms with Gasteiger partial charge in [-0.05, 0) is 50.3 Å². The van der Waals surface area contributed by atoms with E-state index in [0.29, 0.717) is 48.8 Å². The Kier molecular flexibility index (Phi) is 5.48. The second kappa shape index (κ2) is 7.74. The fraction of sp³-hybridized carbons (Fsp3) is 0.579. The minimum atomic E-state index is -3.66. The maximum atomic E-state index is 13.2. The third kappa shape index (κ3) is 3.83. The quantitative estimate of drug-likeness (QED) is 0.676. The number of benzene rings is 1. The van der Waals surface area contributed by atoms with E-state index in [1.165, 1.54) is 10.4 Å². The first-order chi connectivity index (χ1) is 13.4. The smallest absolute Gasteiger partial charge is 0.243 e. The van der Waals surface area contributed by atoms with Crippen molar-refractivity contribution < 1.29 is 17.7 Å². The SMILES string of the molecule is COCCC1(c2noc(C3CC3)n2)CCCN(S(=O)(=O)c2cccc(Cl)c2)C1. The van der Waals surface area contributed by atoms with Crippen molar-refractivity contribution >= 4 is 21.6 Å². The van der Waals surface area contributed by atoms with Crippen LogP contribution >= 0.6 is 11.6 Å². The number of ether oxygens (including phenoxy) is 1. The third-order valence-corrected chi connectivity index (χ3v) is 7.68. The van der Waals surface area contributed by atoms with Gasteiger partial charge in [0.15, 0.2) is 5.82 Å². The Morgan fingerprint density at radius 3 is 2.93 bits per heavy atom. The van der Waals surface area contributed by atoms with Gasteiger partial charge >= 0.3 is 0 Å². The highest BCUT2D eigenvalue weighted by Gasteiger charge is 2.45. The zero-order valence-electron chi connectivity index (χ0n) is 15.8. The van der Waals surface area contributed by atoms with Crippen LogP contribution in [0, 0.1) is 0 Å². The Balaban J connectivity index is 1.65. The first-order valence-corrected chi connectivity index (χ1v) is 11.4. The lowest BCUT2D eigenvalue weighted by molar-refractivity contribution is 0.128. The highest BCUT2D eigenvalue weighted by Crippen LogP contribution is 2.42. The molecule has 4 rings (SSSR count). The van der Waals surface area contributed by atoms with Crippen LogP contribution in [-0.2, 0) is 20.2 Å². The number of hydrogen-bond acceptors (Lipinski definition) is 6. The zero-order valence-corrected chi connectivity index (χ0v) is 17.4. The van der Waals surface area contributed by atoms with Crippen molar-refractivity contribution in [3.8, 4) is 0 Å². The summed E-state index contributed by atoms with van der Waals surface area (Å²) in [6.45, 7) is 1.25. The van der Waals surface area contributed by atoms with E-state index in [4.69, 9.17) is 20.9 Å². The number of methoxy groups -OCH3 is 1. The van der Waals surface area contributed by atoms with Gasteiger partial charge in [0, 0.05) is 43.2 Å². The molecule has 1 atom stereocenters. The van der Waals surface area contributed by atoms with Gasteiger partial charge in [-0.25, -0.2) is 8.42 Å². The van der Waals surface area contributed by atoms with Crippen LogP contribution in [0.4, 0.5) is 0 Å². The number of sulfonamides is 1. The van der Waals surface area contributed by atoms with Crippen LogP contribution in [-0.4, -0.2) is 49.7 Å². The number of rotatable bonds is 7. The second-order valence-corrected chi connectivity index (χ2v) is 10.0. The second-order valence-electron chi connectivity index (χ2n) is 7.65. The van der Waals surface area contributed by atoms with Gasteiger partial charge in [0.05, 0.1) is 4.90 Å². The highest BCUT2D eigenvalue weighted by atomic mass is 35.5. The molecule has 28 heavy (non-hydrogen) atoms. The van der Waals surface area contributed by atoms with Crippen molar-refractivity contribution in [3.05, 3.63) is 41.0 Å². The number of nitrogens with zero attached hydrogens (tertiary/aromatic N) is 3. The molecular formula is C19H24ClN3O4S. The largest absolute Gasteiger partial charge is 0.385 e. The van der Waals surface area contributed by atoms with Gasteiger partial charge in [-0.3, -0.25) is 0 Å². The van der Waals surface area contributed by atoms with Crippen molar-refractivity contribution in [3.63, 3.8) is 0 Å². The summed E-state index contributed by atoms with van der Waals surface area (Å²) in [7, 11) is -2.02. The van der Waals surface area contributed by atoms with Crippen LogP contribution in [0.25, 0.3) is 0 Å². The lowest BCUT2D eigenvalue weighted by atomic mass is 9.77. The minimum absolute atomic E-state index is 0.203. The maximum absolute atomic E-state index is 13.2. The predicted molar refractivity (Wildman–Crippen MR) is 104 cm³/mol. The van der Waals surface area contributed by atoms with Gasteiger partial charge in [0.25, 0.3) is 0 Å². The van der Waals surface area contributed by atoms with E-state index in [2.05, 4.69) is 10.1 Å². The van der Waals surface area contributed by atoms with E-state index in [-0.39, 0.29) is 4.90 Å². The Morgan fingerprint density at radius 2 is 2.21 bits per heavy atom. The molecule has 1 aromatic heterocycles. The molecule has 0 bridgehead atoms. The van der Waals surface area contributed by atoms with E-state index in [1.807, 2.05) is 0 Å². The molecule has 1 saturated heterocycles. The van der Waals surface area contributed by atoms with E-state index in [9.17, 15) is 8.42 Å². The van der Waals surface area contributed by atoms with E-state index < -0.39 is 15.4 Å². The van der Waals surface area contributed by atoms with Crippen molar-refractivity contribution in [1.29, 1.82) is 0 Å². The molecule has 2 aliphatic rings. The van der Waals surface area contributed by atoms with Crippen molar-refractivity contribution in [2.24, 2.45) is 0 Å². The van der Waals surface area contributed by atoms with Gasteiger partial charge in [-0.2, -0.15) is 9.29 Å². The zero-order chi connectivity index (χ0) is 19.8. The molecule has 0 amide bonds.